The highest BCUT2D eigenvalue weighted by atomic mass is 35.5. The van der Waals surface area contributed by atoms with Crippen LogP contribution in [0.2, 0.25) is 5.02 Å². The number of benzene rings is 1. The number of hydrogen-bond acceptors (Lipinski definition) is 5. The average Bonchev–Trinajstić information content (AvgIpc) is 2.52. The number of nitrogens with one attached hydrogen (secondary N) is 2. The van der Waals surface area contributed by atoms with E-state index in [4.69, 9.17) is 16.3 Å². The Morgan fingerprint density at radius 3 is 2.54 bits per heavy atom. The molecule has 6 nitrogen and oxygen atoms in total. The Labute approximate surface area is 153 Å². The van der Waals surface area contributed by atoms with E-state index in [1.807, 2.05) is 0 Å². The van der Waals surface area contributed by atoms with Crippen molar-refractivity contribution in [1.82, 2.24) is 10.6 Å². The first-order chi connectivity index (χ1) is 10.8. The van der Waals surface area contributed by atoms with Gasteiger partial charge >= 0.3 is 0 Å². The largest absolute Gasteiger partial charge is 0.496 e. The van der Waals surface area contributed by atoms with Crippen LogP contribution in [-0.4, -0.2) is 45.5 Å². The van der Waals surface area contributed by atoms with Crippen molar-refractivity contribution in [2.24, 2.45) is 0 Å². The third-order valence-electron chi connectivity index (χ3n) is 4.22. The summed E-state index contributed by atoms with van der Waals surface area (Å²) in [5.74, 6) is 0.122. The number of methoxy groups -OCH3 is 1. The quantitative estimate of drug-likeness (QED) is 0.788. The highest BCUT2D eigenvalue weighted by Crippen LogP contribution is 2.29. The van der Waals surface area contributed by atoms with Crippen LogP contribution >= 0.6 is 24.0 Å². The first kappa shape index (κ1) is 21.0. The summed E-state index contributed by atoms with van der Waals surface area (Å²) >= 11 is 5.97. The summed E-state index contributed by atoms with van der Waals surface area (Å²) in [5, 5.41) is 6.34. The van der Waals surface area contributed by atoms with Crippen molar-refractivity contribution in [2.75, 3.05) is 26.5 Å². The van der Waals surface area contributed by atoms with E-state index in [9.17, 15) is 13.2 Å². The van der Waals surface area contributed by atoms with E-state index in [-0.39, 0.29) is 31.8 Å². The Kier molecular flexibility index (Phi) is 7.34. The van der Waals surface area contributed by atoms with Crippen molar-refractivity contribution >= 4 is 39.8 Å². The summed E-state index contributed by atoms with van der Waals surface area (Å²) in [5.41, 5.74) is 0.700. The molecule has 1 fully saturated rings. The van der Waals surface area contributed by atoms with Crippen LogP contribution < -0.4 is 15.4 Å². The number of rotatable bonds is 5. The molecule has 0 aliphatic carbocycles. The van der Waals surface area contributed by atoms with Crippen molar-refractivity contribution in [3.8, 4) is 5.75 Å². The molecule has 1 aromatic rings. The van der Waals surface area contributed by atoms with Crippen LogP contribution in [0.25, 0.3) is 0 Å². The van der Waals surface area contributed by atoms with Crippen LogP contribution in [0.1, 0.15) is 18.4 Å². The monoisotopic (exact) mass is 396 g/mol. The molecule has 0 atom stereocenters. The fourth-order valence-electron chi connectivity index (χ4n) is 2.82. The van der Waals surface area contributed by atoms with E-state index in [2.05, 4.69) is 10.6 Å². The molecule has 0 unspecified atom stereocenters. The van der Waals surface area contributed by atoms with E-state index in [0.717, 1.165) is 6.26 Å². The molecule has 2 N–H and O–H groups in total. The van der Waals surface area contributed by atoms with E-state index in [0.29, 0.717) is 29.4 Å². The zero-order valence-electron chi connectivity index (χ0n) is 13.6. The maximum absolute atomic E-state index is 12.6. The molecule has 1 aliphatic rings. The molecule has 0 saturated carbocycles. The van der Waals surface area contributed by atoms with Crippen LogP contribution in [0, 0.1) is 0 Å². The Balaban J connectivity index is 0.00000288. The number of halogens is 2. The van der Waals surface area contributed by atoms with Gasteiger partial charge in [-0.2, -0.15) is 0 Å². The molecule has 0 radical (unpaired) electrons. The van der Waals surface area contributed by atoms with Crippen LogP contribution in [0.3, 0.4) is 0 Å². The molecule has 136 valence electrons. The molecule has 1 aromatic carbocycles. The molecule has 0 spiro atoms. The van der Waals surface area contributed by atoms with Crippen LogP contribution in [0.15, 0.2) is 18.2 Å². The number of carbonyl (C=O) groups excluding carboxylic acids is 1. The minimum absolute atomic E-state index is 0. The minimum atomic E-state index is -3.52. The number of hydrogen-bond donors (Lipinski definition) is 2. The normalized spacial score (nSPS) is 16.8. The smallest absolute Gasteiger partial charge is 0.241 e. The second-order valence-electron chi connectivity index (χ2n) is 5.66. The molecular weight excluding hydrogens is 375 g/mol. The zero-order chi connectivity index (χ0) is 17.1. The SMILES string of the molecule is COc1ccc(Cl)cc1CNC(=O)C1(S(C)(=O)=O)CCNCC1.Cl. The summed E-state index contributed by atoms with van der Waals surface area (Å²) in [4.78, 5) is 12.6. The average molecular weight is 397 g/mol. The van der Waals surface area contributed by atoms with Gasteiger partial charge in [-0.25, -0.2) is 8.42 Å². The maximum atomic E-state index is 12.6. The van der Waals surface area contributed by atoms with Crippen LogP contribution in [-0.2, 0) is 21.2 Å². The Bertz CT molecular complexity index is 689. The van der Waals surface area contributed by atoms with Gasteiger partial charge in [-0.15, -0.1) is 12.4 Å². The van der Waals surface area contributed by atoms with Crippen molar-refractivity contribution in [1.29, 1.82) is 0 Å². The number of piperidine rings is 1. The molecule has 1 amide bonds. The number of amides is 1. The fourth-order valence-corrected chi connectivity index (χ4v) is 4.37. The lowest BCUT2D eigenvalue weighted by molar-refractivity contribution is -0.124. The van der Waals surface area contributed by atoms with E-state index < -0.39 is 20.5 Å². The minimum Gasteiger partial charge on any atom is -0.496 e. The van der Waals surface area contributed by atoms with Gasteiger partial charge in [-0.1, -0.05) is 11.6 Å². The first-order valence-corrected chi connectivity index (χ1v) is 9.58. The van der Waals surface area contributed by atoms with Crippen LogP contribution in [0.4, 0.5) is 0 Å². The first-order valence-electron chi connectivity index (χ1n) is 7.31. The van der Waals surface area contributed by atoms with Gasteiger partial charge in [0, 0.05) is 23.4 Å². The van der Waals surface area contributed by atoms with Crippen LogP contribution in [0.5, 0.6) is 5.75 Å². The third-order valence-corrected chi connectivity index (χ3v) is 6.46. The second kappa shape index (κ2) is 8.38. The molecule has 9 heteroatoms. The molecule has 24 heavy (non-hydrogen) atoms. The third kappa shape index (κ3) is 4.33. The highest BCUT2D eigenvalue weighted by molar-refractivity contribution is 7.92. The van der Waals surface area contributed by atoms with Crippen molar-refractivity contribution in [3.63, 3.8) is 0 Å². The lowest BCUT2D eigenvalue weighted by atomic mass is 9.95. The van der Waals surface area contributed by atoms with E-state index >= 15 is 0 Å². The topological polar surface area (TPSA) is 84.5 Å². The number of sulfone groups is 1. The molecule has 1 saturated heterocycles. The Morgan fingerprint density at radius 2 is 2.00 bits per heavy atom. The van der Waals surface area contributed by atoms with Gasteiger partial charge in [-0.3, -0.25) is 4.79 Å². The van der Waals surface area contributed by atoms with E-state index in [1.165, 1.54) is 7.11 Å². The highest BCUT2D eigenvalue weighted by Gasteiger charge is 2.48. The fraction of sp³-hybridized carbons (Fsp3) is 0.533. The van der Waals surface area contributed by atoms with Crippen molar-refractivity contribution in [2.45, 2.75) is 24.1 Å². The van der Waals surface area contributed by atoms with Gasteiger partial charge in [0.1, 0.15) is 5.75 Å². The molecule has 1 aliphatic heterocycles. The van der Waals surface area contributed by atoms with E-state index in [1.54, 1.807) is 18.2 Å². The van der Waals surface area contributed by atoms with Gasteiger partial charge in [0.05, 0.1) is 7.11 Å². The maximum Gasteiger partial charge on any atom is 0.241 e. The van der Waals surface area contributed by atoms with Crippen molar-refractivity contribution in [3.05, 3.63) is 28.8 Å². The van der Waals surface area contributed by atoms with Gasteiger partial charge in [0.25, 0.3) is 0 Å². The predicted octanol–water partition coefficient (Wildman–Crippen LogP) is 1.55. The lowest BCUT2D eigenvalue weighted by Gasteiger charge is -2.34. The van der Waals surface area contributed by atoms with Gasteiger partial charge in [-0.05, 0) is 44.1 Å². The second-order valence-corrected chi connectivity index (χ2v) is 8.42. The Hall–Kier alpha value is -1.02. The van der Waals surface area contributed by atoms with Gasteiger partial charge in [0.15, 0.2) is 14.6 Å². The zero-order valence-corrected chi connectivity index (χ0v) is 16.0. The number of carbonyl (C=O) groups is 1. The summed E-state index contributed by atoms with van der Waals surface area (Å²) in [6.45, 7) is 1.16. The lowest BCUT2D eigenvalue weighted by Crippen LogP contribution is -2.57. The molecule has 2 rings (SSSR count). The number of ether oxygens (including phenoxy) is 1. The standard InChI is InChI=1S/C15H21ClN2O4S.ClH/c1-22-13-4-3-12(16)9-11(13)10-18-14(19)15(23(2,20)21)5-7-17-8-6-15;/h3-4,9,17H,5-8,10H2,1-2H3,(H,18,19);1H. The summed E-state index contributed by atoms with van der Waals surface area (Å²) in [6.07, 6.45) is 1.66. The molecule has 0 bridgehead atoms. The molecule has 1 heterocycles. The van der Waals surface area contributed by atoms with Gasteiger partial charge < -0.3 is 15.4 Å². The summed E-state index contributed by atoms with van der Waals surface area (Å²) in [7, 11) is -2.00. The summed E-state index contributed by atoms with van der Waals surface area (Å²) < 4.78 is 28.3. The van der Waals surface area contributed by atoms with Crippen molar-refractivity contribution < 1.29 is 17.9 Å². The van der Waals surface area contributed by atoms with Gasteiger partial charge in [0.2, 0.25) is 5.91 Å². The Morgan fingerprint density at radius 1 is 1.38 bits per heavy atom. The summed E-state index contributed by atoms with van der Waals surface area (Å²) in [6, 6.07) is 5.09. The molecule has 0 aromatic heterocycles. The predicted molar refractivity (Wildman–Crippen MR) is 96.8 cm³/mol. The molecular formula is C15H22Cl2N2O4S.